The molecule has 2 aromatic rings. The van der Waals surface area contributed by atoms with Gasteiger partial charge in [0, 0.05) is 31.7 Å². The minimum absolute atomic E-state index is 0.0223. The van der Waals surface area contributed by atoms with Crippen LogP contribution in [0.4, 0.5) is 10.5 Å². The highest BCUT2D eigenvalue weighted by Gasteiger charge is 2.31. The maximum atomic E-state index is 12.3. The number of nitrogens with zero attached hydrogens (tertiary/aromatic N) is 6. The summed E-state index contributed by atoms with van der Waals surface area (Å²) in [5, 5.41) is 11.1. The number of benzene rings is 1. The zero-order chi connectivity index (χ0) is 20.3. The molecule has 2 heterocycles. The van der Waals surface area contributed by atoms with Crippen molar-refractivity contribution in [1.29, 1.82) is 0 Å². The molecule has 3 rings (SSSR count). The standard InChI is InChI=1S/C19H26N6O3/c1-14(26)25(16-7-5-15(6-8-16)24-13-20-21-22-24)17-9-11-23(12-10-17)18(27)28-19(2,3)4/h5-8,13,17H,9-12H2,1-4H3. The first kappa shape index (κ1) is 19.8. The second-order valence-corrected chi connectivity index (χ2v) is 7.86. The first-order valence-corrected chi connectivity index (χ1v) is 9.36. The maximum absolute atomic E-state index is 12.3. The smallest absolute Gasteiger partial charge is 0.410 e. The number of carbonyl (C=O) groups is 2. The Balaban J connectivity index is 1.67. The number of likely N-dealkylation sites (tertiary alicyclic amines) is 1. The number of hydrogen-bond donors (Lipinski definition) is 0. The predicted octanol–water partition coefficient (Wildman–Crippen LogP) is 2.41. The van der Waals surface area contributed by atoms with E-state index in [4.69, 9.17) is 4.74 Å². The lowest BCUT2D eigenvalue weighted by Gasteiger charge is -2.38. The molecule has 0 bridgehead atoms. The lowest BCUT2D eigenvalue weighted by molar-refractivity contribution is -0.117. The number of rotatable bonds is 3. The van der Waals surface area contributed by atoms with Crippen LogP contribution in [0.3, 0.4) is 0 Å². The Labute approximate surface area is 164 Å². The van der Waals surface area contributed by atoms with Gasteiger partial charge in [0.25, 0.3) is 0 Å². The van der Waals surface area contributed by atoms with Crippen LogP contribution < -0.4 is 4.90 Å². The molecule has 0 aliphatic carbocycles. The number of piperidine rings is 1. The van der Waals surface area contributed by atoms with Gasteiger partial charge in [-0.25, -0.2) is 9.48 Å². The quantitative estimate of drug-likeness (QED) is 0.804. The lowest BCUT2D eigenvalue weighted by Crippen LogP contribution is -2.49. The zero-order valence-electron chi connectivity index (χ0n) is 16.7. The van der Waals surface area contributed by atoms with Gasteiger partial charge in [0.15, 0.2) is 0 Å². The summed E-state index contributed by atoms with van der Waals surface area (Å²) in [7, 11) is 0. The van der Waals surface area contributed by atoms with Gasteiger partial charge in [0.2, 0.25) is 5.91 Å². The molecule has 1 fully saturated rings. The first-order chi connectivity index (χ1) is 13.2. The van der Waals surface area contributed by atoms with E-state index in [0.29, 0.717) is 25.9 Å². The summed E-state index contributed by atoms with van der Waals surface area (Å²) in [5.74, 6) is -0.0223. The molecule has 0 N–H and O–H groups in total. The largest absolute Gasteiger partial charge is 0.444 e. The maximum Gasteiger partial charge on any atom is 0.410 e. The Hall–Kier alpha value is -2.97. The average molecular weight is 386 g/mol. The molecule has 1 aromatic carbocycles. The van der Waals surface area contributed by atoms with E-state index in [2.05, 4.69) is 15.5 Å². The molecular weight excluding hydrogens is 360 g/mol. The van der Waals surface area contributed by atoms with Crippen molar-refractivity contribution in [1.82, 2.24) is 25.1 Å². The van der Waals surface area contributed by atoms with Crippen LogP contribution in [-0.4, -0.2) is 61.8 Å². The van der Waals surface area contributed by atoms with Crippen LogP contribution in [0.1, 0.15) is 40.5 Å². The predicted molar refractivity (Wildman–Crippen MR) is 103 cm³/mol. The van der Waals surface area contributed by atoms with Gasteiger partial charge in [-0.05, 0) is 68.3 Å². The molecule has 1 saturated heterocycles. The highest BCUT2D eigenvalue weighted by atomic mass is 16.6. The van der Waals surface area contributed by atoms with Gasteiger partial charge in [-0.15, -0.1) is 5.10 Å². The third-order valence-corrected chi connectivity index (χ3v) is 4.56. The van der Waals surface area contributed by atoms with Crippen LogP contribution in [0.15, 0.2) is 30.6 Å². The molecule has 9 heteroatoms. The van der Waals surface area contributed by atoms with Crippen molar-refractivity contribution in [2.24, 2.45) is 0 Å². The van der Waals surface area contributed by atoms with Crippen LogP contribution in [0.25, 0.3) is 5.69 Å². The van der Waals surface area contributed by atoms with Crippen molar-refractivity contribution in [3.8, 4) is 5.69 Å². The number of aromatic nitrogens is 4. The Bertz CT molecular complexity index is 805. The second-order valence-electron chi connectivity index (χ2n) is 7.86. The lowest BCUT2D eigenvalue weighted by atomic mass is 10.0. The number of tetrazole rings is 1. The molecular formula is C19H26N6O3. The Kier molecular flexibility index (Phi) is 5.62. The minimum atomic E-state index is -0.513. The average Bonchev–Trinajstić information content (AvgIpc) is 3.16. The molecule has 0 saturated carbocycles. The van der Waals surface area contributed by atoms with Gasteiger partial charge < -0.3 is 14.5 Å². The van der Waals surface area contributed by atoms with Crippen LogP contribution in [0, 0.1) is 0 Å². The molecule has 150 valence electrons. The summed E-state index contributed by atoms with van der Waals surface area (Å²) in [4.78, 5) is 28.1. The fourth-order valence-electron chi connectivity index (χ4n) is 3.33. The summed E-state index contributed by atoms with van der Waals surface area (Å²) in [6.45, 7) is 8.25. The molecule has 9 nitrogen and oxygen atoms in total. The molecule has 0 unspecified atom stereocenters. The molecule has 28 heavy (non-hydrogen) atoms. The molecule has 1 aliphatic heterocycles. The van der Waals surface area contributed by atoms with E-state index in [1.54, 1.807) is 21.4 Å². The van der Waals surface area contributed by atoms with Gasteiger partial charge >= 0.3 is 6.09 Å². The number of carbonyl (C=O) groups excluding carboxylic acids is 2. The second kappa shape index (κ2) is 7.95. The number of ether oxygens (including phenoxy) is 1. The first-order valence-electron chi connectivity index (χ1n) is 9.36. The molecule has 1 aromatic heterocycles. The fourth-order valence-corrected chi connectivity index (χ4v) is 3.33. The van der Waals surface area contributed by atoms with Gasteiger partial charge in [-0.1, -0.05) is 0 Å². The van der Waals surface area contributed by atoms with Crippen LogP contribution in [0.5, 0.6) is 0 Å². The van der Waals surface area contributed by atoms with E-state index in [9.17, 15) is 9.59 Å². The number of amides is 2. The third kappa shape index (κ3) is 4.65. The van der Waals surface area contributed by atoms with E-state index in [1.165, 1.54) is 6.33 Å². The van der Waals surface area contributed by atoms with Crippen molar-refractivity contribution in [3.63, 3.8) is 0 Å². The Morgan fingerprint density at radius 1 is 1.14 bits per heavy atom. The fraction of sp³-hybridized carbons (Fsp3) is 0.526. The Morgan fingerprint density at radius 2 is 1.79 bits per heavy atom. The van der Waals surface area contributed by atoms with Crippen molar-refractivity contribution in [2.75, 3.05) is 18.0 Å². The van der Waals surface area contributed by atoms with Gasteiger partial charge in [0.05, 0.1) is 5.69 Å². The molecule has 2 amide bonds. The van der Waals surface area contributed by atoms with Gasteiger partial charge in [-0.3, -0.25) is 4.79 Å². The topological polar surface area (TPSA) is 93.5 Å². The summed E-state index contributed by atoms with van der Waals surface area (Å²) in [6, 6.07) is 7.56. The highest BCUT2D eigenvalue weighted by Crippen LogP contribution is 2.26. The minimum Gasteiger partial charge on any atom is -0.444 e. The molecule has 0 radical (unpaired) electrons. The normalized spacial score (nSPS) is 15.4. The van der Waals surface area contributed by atoms with Crippen molar-refractivity contribution in [3.05, 3.63) is 30.6 Å². The summed E-state index contributed by atoms with van der Waals surface area (Å²) < 4.78 is 7.00. The van der Waals surface area contributed by atoms with Crippen molar-refractivity contribution < 1.29 is 14.3 Å². The summed E-state index contributed by atoms with van der Waals surface area (Å²) in [6.07, 6.45) is 2.62. The summed E-state index contributed by atoms with van der Waals surface area (Å²) >= 11 is 0. The number of hydrogen-bond acceptors (Lipinski definition) is 6. The van der Waals surface area contributed by atoms with E-state index >= 15 is 0 Å². The van der Waals surface area contributed by atoms with Crippen LogP contribution in [0.2, 0.25) is 0 Å². The van der Waals surface area contributed by atoms with Crippen molar-refractivity contribution >= 4 is 17.7 Å². The molecule has 0 atom stereocenters. The van der Waals surface area contributed by atoms with Gasteiger partial charge in [-0.2, -0.15) is 0 Å². The zero-order valence-corrected chi connectivity index (χ0v) is 16.7. The molecule has 0 spiro atoms. The number of anilines is 1. The van der Waals surface area contributed by atoms with E-state index in [1.807, 2.05) is 45.0 Å². The third-order valence-electron chi connectivity index (χ3n) is 4.56. The van der Waals surface area contributed by atoms with Crippen LogP contribution in [-0.2, 0) is 9.53 Å². The van der Waals surface area contributed by atoms with Crippen LogP contribution >= 0.6 is 0 Å². The highest BCUT2D eigenvalue weighted by molar-refractivity contribution is 5.92. The van der Waals surface area contributed by atoms with E-state index in [0.717, 1.165) is 11.4 Å². The SMILES string of the molecule is CC(=O)N(c1ccc(-n2cnnn2)cc1)C1CCN(C(=O)OC(C)(C)C)CC1. The van der Waals surface area contributed by atoms with Gasteiger partial charge in [0.1, 0.15) is 11.9 Å². The Morgan fingerprint density at radius 3 is 2.29 bits per heavy atom. The molecule has 1 aliphatic rings. The van der Waals surface area contributed by atoms with E-state index < -0.39 is 5.60 Å². The summed E-state index contributed by atoms with van der Waals surface area (Å²) in [5.41, 5.74) is 1.12. The monoisotopic (exact) mass is 386 g/mol. The van der Waals surface area contributed by atoms with Crippen molar-refractivity contribution in [2.45, 2.75) is 52.2 Å². The van der Waals surface area contributed by atoms with E-state index in [-0.39, 0.29) is 18.0 Å².